The van der Waals surface area contributed by atoms with Crippen LogP contribution in [0.4, 0.5) is 0 Å². The van der Waals surface area contributed by atoms with Crippen molar-refractivity contribution in [3.8, 4) is 0 Å². The van der Waals surface area contributed by atoms with Crippen molar-refractivity contribution in [2.24, 2.45) is 0 Å². The topological polar surface area (TPSA) is 77.2 Å². The number of aliphatic hydroxyl groups is 1. The second-order valence-corrected chi connectivity index (χ2v) is 8.58. The van der Waals surface area contributed by atoms with Crippen LogP contribution < -0.4 is 0 Å². The van der Waals surface area contributed by atoms with Crippen molar-refractivity contribution < 1.29 is 9.90 Å². The van der Waals surface area contributed by atoms with Gasteiger partial charge in [0.15, 0.2) is 11.3 Å². The zero-order valence-electron chi connectivity index (χ0n) is 17.8. The van der Waals surface area contributed by atoms with Crippen molar-refractivity contribution in [3.05, 3.63) is 66.1 Å². The van der Waals surface area contributed by atoms with Crippen LogP contribution in [0.3, 0.4) is 0 Å². The monoisotopic (exact) mass is 420 g/mol. The van der Waals surface area contributed by atoms with E-state index in [9.17, 15) is 9.90 Å². The molecule has 1 aromatic carbocycles. The average Bonchev–Trinajstić information content (AvgIpc) is 3.24. The van der Waals surface area contributed by atoms with Crippen molar-refractivity contribution in [1.29, 1.82) is 0 Å². The maximum absolute atomic E-state index is 13.4. The summed E-state index contributed by atoms with van der Waals surface area (Å²) in [6.07, 6.45) is 3.74. The van der Waals surface area contributed by atoms with Gasteiger partial charge in [0.05, 0.1) is 12.2 Å². The first kappa shape index (κ1) is 20.1. The Hall–Kier alpha value is -2.81. The second-order valence-electron chi connectivity index (χ2n) is 8.58. The number of carbonyl (C=O) groups is 1. The number of hydrogen-bond acceptors (Lipinski definition) is 6. The fourth-order valence-electron chi connectivity index (χ4n) is 4.86. The van der Waals surface area contributed by atoms with E-state index in [1.807, 2.05) is 41.3 Å². The summed E-state index contributed by atoms with van der Waals surface area (Å²) < 4.78 is 1.59. The molecule has 0 radical (unpaired) electrons. The molecule has 0 spiro atoms. The molecular formula is C23H28N6O2. The van der Waals surface area contributed by atoms with E-state index in [0.717, 1.165) is 31.7 Å². The number of rotatable bonds is 3. The molecule has 162 valence electrons. The first-order valence-corrected chi connectivity index (χ1v) is 10.8. The van der Waals surface area contributed by atoms with E-state index in [0.29, 0.717) is 30.9 Å². The maximum Gasteiger partial charge on any atom is 0.274 e. The second kappa shape index (κ2) is 8.03. The number of benzene rings is 1. The normalized spacial score (nSPS) is 25.7. The summed E-state index contributed by atoms with van der Waals surface area (Å²) in [5.41, 5.74) is 1.03. The van der Waals surface area contributed by atoms with Crippen LogP contribution in [0, 0.1) is 0 Å². The van der Waals surface area contributed by atoms with Crippen LogP contribution in [0.15, 0.2) is 54.9 Å². The van der Waals surface area contributed by atoms with Crippen molar-refractivity contribution in [2.75, 3.05) is 46.3 Å². The van der Waals surface area contributed by atoms with Crippen LogP contribution in [0.25, 0.3) is 5.65 Å². The van der Waals surface area contributed by atoms with Gasteiger partial charge in [-0.05, 0) is 31.2 Å². The van der Waals surface area contributed by atoms with Gasteiger partial charge in [0.2, 0.25) is 0 Å². The molecule has 0 saturated carbocycles. The summed E-state index contributed by atoms with van der Waals surface area (Å²) in [4.78, 5) is 24.2. The minimum Gasteiger partial charge on any atom is -0.383 e. The van der Waals surface area contributed by atoms with Crippen LogP contribution in [0.2, 0.25) is 0 Å². The Labute approximate surface area is 181 Å². The molecule has 5 rings (SSSR count). The summed E-state index contributed by atoms with van der Waals surface area (Å²) in [6, 6.07) is 13.4. The third-order valence-electron chi connectivity index (χ3n) is 6.74. The number of fused-ring (bicyclic) bond motifs is 1. The quantitative estimate of drug-likeness (QED) is 0.683. The molecule has 0 unspecified atom stereocenters. The number of carbonyl (C=O) groups excluding carboxylic acids is 1. The number of likely N-dealkylation sites (tertiary alicyclic amines) is 1. The Morgan fingerprint density at radius 1 is 1.06 bits per heavy atom. The Balaban J connectivity index is 1.45. The van der Waals surface area contributed by atoms with Gasteiger partial charge >= 0.3 is 0 Å². The predicted octanol–water partition coefficient (Wildman–Crippen LogP) is 1.08. The zero-order valence-corrected chi connectivity index (χ0v) is 17.8. The first-order chi connectivity index (χ1) is 15.1. The number of hydrogen-bond donors (Lipinski definition) is 1. The Morgan fingerprint density at radius 3 is 2.61 bits per heavy atom. The molecule has 2 aromatic heterocycles. The van der Waals surface area contributed by atoms with E-state index in [1.54, 1.807) is 23.0 Å². The van der Waals surface area contributed by atoms with Gasteiger partial charge in [-0.3, -0.25) is 9.69 Å². The van der Waals surface area contributed by atoms with Crippen molar-refractivity contribution in [3.63, 3.8) is 0 Å². The highest BCUT2D eigenvalue weighted by Crippen LogP contribution is 2.36. The van der Waals surface area contributed by atoms with Crippen LogP contribution in [0.1, 0.15) is 22.5 Å². The number of aromatic nitrogens is 3. The first-order valence-electron chi connectivity index (χ1n) is 10.8. The van der Waals surface area contributed by atoms with E-state index in [4.69, 9.17) is 0 Å². The van der Waals surface area contributed by atoms with Gasteiger partial charge in [0, 0.05) is 45.5 Å². The van der Waals surface area contributed by atoms with Gasteiger partial charge in [-0.15, -0.1) is 0 Å². The molecular weight excluding hydrogens is 392 g/mol. The van der Waals surface area contributed by atoms with Gasteiger partial charge in [0.25, 0.3) is 5.91 Å². The van der Waals surface area contributed by atoms with E-state index in [-0.39, 0.29) is 11.9 Å². The molecule has 4 heterocycles. The van der Waals surface area contributed by atoms with Crippen molar-refractivity contribution in [2.45, 2.75) is 18.1 Å². The minimum atomic E-state index is -0.994. The van der Waals surface area contributed by atoms with Crippen LogP contribution in [0.5, 0.6) is 0 Å². The minimum absolute atomic E-state index is 0.0968. The lowest BCUT2D eigenvalue weighted by Crippen LogP contribution is -2.64. The Kier molecular flexibility index (Phi) is 5.21. The van der Waals surface area contributed by atoms with Crippen molar-refractivity contribution >= 4 is 11.6 Å². The predicted molar refractivity (Wildman–Crippen MR) is 117 cm³/mol. The molecule has 1 N–H and O–H groups in total. The van der Waals surface area contributed by atoms with Gasteiger partial charge in [-0.1, -0.05) is 30.3 Å². The fourth-order valence-corrected chi connectivity index (χ4v) is 4.86. The summed E-state index contributed by atoms with van der Waals surface area (Å²) in [5, 5.41) is 16.2. The molecule has 1 amide bonds. The summed E-state index contributed by atoms with van der Waals surface area (Å²) in [7, 11) is 2.12. The van der Waals surface area contributed by atoms with Gasteiger partial charge in [-0.25, -0.2) is 9.50 Å². The Bertz CT molecular complexity index is 1060. The molecule has 8 nitrogen and oxygen atoms in total. The summed E-state index contributed by atoms with van der Waals surface area (Å²) in [6.45, 7) is 4.59. The molecule has 2 atom stereocenters. The standard InChI is InChI=1S/C23H28N6O2/c1-26-12-14-27(15-13-26)20-17-28(11-9-23(20,31)18-6-3-2-4-7-18)22(30)19-16-24-21-8-5-10-25-29(19)21/h2-8,10,16,20,31H,9,11-15,17H2,1H3/t20-,23+/m1/s1. The van der Waals surface area contributed by atoms with Gasteiger partial charge < -0.3 is 14.9 Å². The van der Waals surface area contributed by atoms with Gasteiger partial charge in [-0.2, -0.15) is 5.10 Å². The SMILES string of the molecule is CN1CCN([C@@H]2CN(C(=O)c3cnc4cccnn34)CC[C@]2(O)c2ccccc2)CC1. The lowest BCUT2D eigenvalue weighted by atomic mass is 9.79. The third kappa shape index (κ3) is 3.60. The number of piperidine rings is 1. The Morgan fingerprint density at radius 2 is 1.84 bits per heavy atom. The van der Waals surface area contributed by atoms with E-state index in [2.05, 4.69) is 26.9 Å². The third-order valence-corrected chi connectivity index (χ3v) is 6.74. The van der Waals surface area contributed by atoms with E-state index in [1.165, 1.54) is 0 Å². The van der Waals surface area contributed by atoms with Crippen molar-refractivity contribution in [1.82, 2.24) is 29.3 Å². The van der Waals surface area contributed by atoms with E-state index < -0.39 is 5.60 Å². The number of piperazine rings is 1. The number of nitrogens with zero attached hydrogens (tertiary/aromatic N) is 6. The molecule has 2 aliphatic heterocycles. The molecule has 2 fully saturated rings. The highest BCUT2D eigenvalue weighted by Gasteiger charge is 2.47. The summed E-state index contributed by atoms with van der Waals surface area (Å²) >= 11 is 0. The smallest absolute Gasteiger partial charge is 0.274 e. The number of amides is 1. The molecule has 0 bridgehead atoms. The van der Waals surface area contributed by atoms with E-state index >= 15 is 0 Å². The van der Waals surface area contributed by atoms with Gasteiger partial charge in [0.1, 0.15) is 5.60 Å². The van der Waals surface area contributed by atoms with Crippen LogP contribution >= 0.6 is 0 Å². The highest BCUT2D eigenvalue weighted by molar-refractivity contribution is 5.93. The lowest BCUT2D eigenvalue weighted by molar-refractivity contribution is -0.101. The molecule has 3 aromatic rings. The summed E-state index contributed by atoms with van der Waals surface area (Å²) in [5.74, 6) is -0.0968. The highest BCUT2D eigenvalue weighted by atomic mass is 16.3. The fraction of sp³-hybridized carbons (Fsp3) is 0.435. The maximum atomic E-state index is 13.4. The number of likely N-dealkylation sites (N-methyl/N-ethyl adjacent to an activating group) is 1. The molecule has 31 heavy (non-hydrogen) atoms. The van der Waals surface area contributed by atoms with Crippen LogP contribution in [-0.4, -0.2) is 92.7 Å². The average molecular weight is 421 g/mol. The molecule has 0 aliphatic carbocycles. The molecule has 2 saturated heterocycles. The molecule has 8 heteroatoms. The number of imidazole rings is 1. The van der Waals surface area contributed by atoms with Crippen LogP contribution in [-0.2, 0) is 5.60 Å². The lowest BCUT2D eigenvalue weighted by Gasteiger charge is -2.51. The molecule has 2 aliphatic rings. The largest absolute Gasteiger partial charge is 0.383 e. The zero-order chi connectivity index (χ0) is 21.4.